The molecule has 0 aromatic heterocycles. The summed E-state index contributed by atoms with van der Waals surface area (Å²) in [7, 11) is 0. The quantitative estimate of drug-likeness (QED) is 0.481. The molecular formula is C16H14FN3O4S. The molecule has 0 unspecified atom stereocenters. The van der Waals surface area contributed by atoms with E-state index < -0.39 is 22.3 Å². The van der Waals surface area contributed by atoms with E-state index in [-0.39, 0.29) is 10.8 Å². The Labute approximate surface area is 148 Å². The highest BCUT2D eigenvalue weighted by atomic mass is 32.1. The third kappa shape index (κ3) is 4.95. The molecule has 0 saturated heterocycles. The molecule has 0 atom stereocenters. The monoisotopic (exact) mass is 363 g/mol. The molecule has 130 valence electrons. The molecule has 25 heavy (non-hydrogen) atoms. The molecule has 2 N–H and O–H groups in total. The number of carbonyl (C=O) groups excluding carboxylic acids is 1. The minimum atomic E-state index is -0.958. The molecule has 1 amide bonds. The van der Waals surface area contributed by atoms with E-state index in [9.17, 15) is 19.3 Å². The predicted octanol–water partition coefficient (Wildman–Crippen LogP) is 3.26. The van der Waals surface area contributed by atoms with E-state index in [4.69, 9.17) is 17.0 Å². The number of rotatable bonds is 5. The van der Waals surface area contributed by atoms with E-state index in [0.29, 0.717) is 17.9 Å². The summed E-state index contributed by atoms with van der Waals surface area (Å²) < 4.78 is 18.6. The number of nitrogens with one attached hydrogen (secondary N) is 2. The third-order valence-corrected chi connectivity index (χ3v) is 3.26. The summed E-state index contributed by atoms with van der Waals surface area (Å²) in [5.74, 6) is -0.782. The lowest BCUT2D eigenvalue weighted by atomic mass is 10.2. The number of benzene rings is 2. The van der Waals surface area contributed by atoms with Crippen LogP contribution in [0.15, 0.2) is 42.5 Å². The highest BCUT2D eigenvalue weighted by Crippen LogP contribution is 2.21. The number of hydrogen-bond donors (Lipinski definition) is 2. The first kappa shape index (κ1) is 18.3. The number of ether oxygens (including phenoxy) is 1. The summed E-state index contributed by atoms with van der Waals surface area (Å²) in [4.78, 5) is 22.0. The summed E-state index contributed by atoms with van der Waals surface area (Å²) >= 11 is 4.99. The van der Waals surface area contributed by atoms with Crippen molar-refractivity contribution in [1.29, 1.82) is 0 Å². The summed E-state index contributed by atoms with van der Waals surface area (Å²) in [6, 6.07) is 9.66. The normalized spacial score (nSPS) is 10.0. The van der Waals surface area contributed by atoms with Gasteiger partial charge >= 0.3 is 5.69 Å². The van der Waals surface area contributed by atoms with Crippen LogP contribution in [-0.4, -0.2) is 22.5 Å². The maximum atomic E-state index is 13.3. The van der Waals surface area contributed by atoms with Crippen molar-refractivity contribution in [2.24, 2.45) is 0 Å². The van der Waals surface area contributed by atoms with Gasteiger partial charge in [0.1, 0.15) is 5.75 Å². The van der Waals surface area contributed by atoms with Crippen LogP contribution in [0.5, 0.6) is 5.75 Å². The molecule has 2 aromatic rings. The Balaban J connectivity index is 2.01. The third-order valence-electron chi connectivity index (χ3n) is 3.06. The number of thiocarbonyl (C=S) groups is 1. The Bertz CT molecular complexity index is 812. The fourth-order valence-electron chi connectivity index (χ4n) is 1.94. The minimum absolute atomic E-state index is 0.0696. The Morgan fingerprint density at radius 1 is 1.28 bits per heavy atom. The first-order valence-corrected chi connectivity index (χ1v) is 7.60. The van der Waals surface area contributed by atoms with Gasteiger partial charge in [-0.2, -0.15) is 4.39 Å². The fourth-order valence-corrected chi connectivity index (χ4v) is 2.15. The Morgan fingerprint density at radius 2 is 1.96 bits per heavy atom. The second kappa shape index (κ2) is 8.15. The average molecular weight is 363 g/mol. The van der Waals surface area contributed by atoms with E-state index in [0.717, 1.165) is 12.1 Å². The van der Waals surface area contributed by atoms with Gasteiger partial charge in [0.25, 0.3) is 5.91 Å². The maximum absolute atomic E-state index is 13.3. The van der Waals surface area contributed by atoms with E-state index >= 15 is 0 Å². The topological polar surface area (TPSA) is 93.5 Å². The SMILES string of the molecule is CCOc1ccc(C(=O)NC(=S)Nc2ccc(F)c([N+](=O)[O-])c2)cc1. The standard InChI is InChI=1S/C16H14FN3O4S/c1-2-24-12-6-3-10(4-7-12)15(21)19-16(25)18-11-5-8-13(17)14(9-11)20(22)23/h3-9H,2H2,1H3,(H2,18,19,21,25). The van der Waals surface area contributed by atoms with Crippen LogP contribution < -0.4 is 15.4 Å². The van der Waals surface area contributed by atoms with Crippen molar-refractivity contribution in [2.45, 2.75) is 6.92 Å². The van der Waals surface area contributed by atoms with Crippen LogP contribution in [-0.2, 0) is 0 Å². The number of nitro groups is 1. The zero-order valence-corrected chi connectivity index (χ0v) is 13.9. The molecule has 0 spiro atoms. The van der Waals surface area contributed by atoms with Crippen LogP contribution in [0, 0.1) is 15.9 Å². The van der Waals surface area contributed by atoms with Crippen LogP contribution in [0.4, 0.5) is 15.8 Å². The van der Waals surface area contributed by atoms with Gasteiger partial charge in [-0.15, -0.1) is 0 Å². The van der Waals surface area contributed by atoms with Crippen molar-refractivity contribution < 1.29 is 18.8 Å². The lowest BCUT2D eigenvalue weighted by Crippen LogP contribution is -2.34. The van der Waals surface area contributed by atoms with Crippen molar-refractivity contribution in [3.05, 3.63) is 64.0 Å². The van der Waals surface area contributed by atoms with Crippen LogP contribution in [0.3, 0.4) is 0 Å². The number of nitro benzene ring substituents is 1. The second-order valence-corrected chi connectivity index (χ2v) is 5.20. The van der Waals surface area contributed by atoms with Crippen molar-refractivity contribution in [1.82, 2.24) is 5.32 Å². The van der Waals surface area contributed by atoms with Gasteiger partial charge in [-0.25, -0.2) is 0 Å². The van der Waals surface area contributed by atoms with Gasteiger partial charge in [0.2, 0.25) is 5.82 Å². The zero-order valence-electron chi connectivity index (χ0n) is 13.1. The van der Waals surface area contributed by atoms with Gasteiger partial charge in [0, 0.05) is 17.3 Å². The second-order valence-electron chi connectivity index (χ2n) is 4.79. The van der Waals surface area contributed by atoms with Crippen molar-refractivity contribution in [2.75, 3.05) is 11.9 Å². The minimum Gasteiger partial charge on any atom is -0.494 e. The molecule has 0 radical (unpaired) electrons. The van der Waals surface area contributed by atoms with Gasteiger partial charge < -0.3 is 10.1 Å². The molecule has 2 rings (SSSR count). The first-order chi connectivity index (χ1) is 11.9. The Hall–Kier alpha value is -3.07. The summed E-state index contributed by atoms with van der Waals surface area (Å²) in [6.07, 6.45) is 0. The summed E-state index contributed by atoms with van der Waals surface area (Å²) in [6.45, 7) is 2.37. The Kier molecular flexibility index (Phi) is 5.96. The van der Waals surface area contributed by atoms with Gasteiger partial charge in [0.15, 0.2) is 5.11 Å². The molecular weight excluding hydrogens is 349 g/mol. The van der Waals surface area contributed by atoms with Crippen LogP contribution >= 0.6 is 12.2 Å². The lowest BCUT2D eigenvalue weighted by molar-refractivity contribution is -0.387. The highest BCUT2D eigenvalue weighted by molar-refractivity contribution is 7.80. The maximum Gasteiger partial charge on any atom is 0.306 e. The van der Waals surface area contributed by atoms with Crippen molar-refractivity contribution in [3.63, 3.8) is 0 Å². The number of nitrogens with zero attached hydrogens (tertiary/aromatic N) is 1. The molecule has 0 saturated carbocycles. The molecule has 2 aromatic carbocycles. The van der Waals surface area contributed by atoms with Crippen LogP contribution in [0.25, 0.3) is 0 Å². The van der Waals surface area contributed by atoms with E-state index in [1.54, 1.807) is 24.3 Å². The molecule has 0 bridgehead atoms. The summed E-state index contributed by atoms with van der Waals surface area (Å²) in [5, 5.41) is 15.7. The number of anilines is 1. The zero-order chi connectivity index (χ0) is 18.4. The largest absolute Gasteiger partial charge is 0.494 e. The number of carbonyl (C=O) groups is 1. The number of hydrogen-bond acceptors (Lipinski definition) is 5. The molecule has 0 aliphatic carbocycles. The predicted molar refractivity (Wildman–Crippen MR) is 94.4 cm³/mol. The smallest absolute Gasteiger partial charge is 0.306 e. The molecule has 7 nitrogen and oxygen atoms in total. The molecule has 9 heteroatoms. The van der Waals surface area contributed by atoms with E-state index in [2.05, 4.69) is 10.6 Å². The van der Waals surface area contributed by atoms with Gasteiger partial charge in [0.05, 0.1) is 11.5 Å². The highest BCUT2D eigenvalue weighted by Gasteiger charge is 2.15. The van der Waals surface area contributed by atoms with E-state index in [1.165, 1.54) is 6.07 Å². The van der Waals surface area contributed by atoms with E-state index in [1.807, 2.05) is 6.92 Å². The van der Waals surface area contributed by atoms with Gasteiger partial charge in [-0.1, -0.05) is 0 Å². The molecule has 0 aliphatic rings. The van der Waals surface area contributed by atoms with Gasteiger partial charge in [-0.3, -0.25) is 20.2 Å². The lowest BCUT2D eigenvalue weighted by Gasteiger charge is -2.10. The Morgan fingerprint density at radius 3 is 2.56 bits per heavy atom. The number of halogens is 1. The van der Waals surface area contributed by atoms with Crippen molar-refractivity contribution >= 4 is 34.6 Å². The molecule has 0 fully saturated rings. The average Bonchev–Trinajstić information content (AvgIpc) is 2.57. The fraction of sp³-hybridized carbons (Fsp3) is 0.125. The molecule has 0 aliphatic heterocycles. The summed E-state index contributed by atoms with van der Waals surface area (Å²) in [5.41, 5.74) is -0.145. The number of amides is 1. The van der Waals surface area contributed by atoms with Gasteiger partial charge in [-0.05, 0) is 55.5 Å². The first-order valence-electron chi connectivity index (χ1n) is 7.20. The molecule has 0 heterocycles. The van der Waals surface area contributed by atoms with Crippen molar-refractivity contribution in [3.8, 4) is 5.75 Å². The van der Waals surface area contributed by atoms with Crippen LogP contribution in [0.1, 0.15) is 17.3 Å². The van der Waals surface area contributed by atoms with Crippen LogP contribution in [0.2, 0.25) is 0 Å².